The van der Waals surface area contributed by atoms with Gasteiger partial charge in [-0.15, -0.1) is 4.39 Å². The van der Waals surface area contributed by atoms with E-state index in [9.17, 15) is 14.0 Å². The lowest BCUT2D eigenvalue weighted by Crippen LogP contribution is -2.45. The van der Waals surface area contributed by atoms with Gasteiger partial charge in [0.05, 0.1) is 0 Å². The molecule has 0 radical (unpaired) electrons. The third-order valence-corrected chi connectivity index (χ3v) is 1.84. The summed E-state index contributed by atoms with van der Waals surface area (Å²) in [5.74, 6) is 0. The van der Waals surface area contributed by atoms with E-state index in [1.807, 2.05) is 0 Å². The molecular formula is C6H8FNO3. The second-order valence-corrected chi connectivity index (χ2v) is 2.49. The van der Waals surface area contributed by atoms with E-state index in [-0.39, 0.29) is 4.90 Å². The molecule has 2 amide bonds. The van der Waals surface area contributed by atoms with Gasteiger partial charge in [-0.05, 0) is 19.3 Å². The van der Waals surface area contributed by atoms with Crippen LogP contribution in [0.25, 0.3) is 0 Å². The number of carbonyl (C=O) groups excluding carboxylic acids is 1. The van der Waals surface area contributed by atoms with E-state index in [0.29, 0.717) is 12.8 Å². The Morgan fingerprint density at radius 2 is 2.00 bits per heavy atom. The van der Waals surface area contributed by atoms with Gasteiger partial charge in [0.15, 0.2) is 0 Å². The highest BCUT2D eigenvalue weighted by atomic mass is 19.1. The van der Waals surface area contributed by atoms with Crippen molar-refractivity contribution < 1.29 is 19.1 Å². The minimum Gasteiger partial charge on any atom is -0.465 e. The highest BCUT2D eigenvalue weighted by Gasteiger charge is 2.33. The lowest BCUT2D eigenvalue weighted by Gasteiger charge is -2.31. The highest BCUT2D eigenvalue weighted by Crippen LogP contribution is 2.25. The molecule has 1 aliphatic carbocycles. The Morgan fingerprint density at radius 1 is 1.45 bits per heavy atom. The second-order valence-electron chi connectivity index (χ2n) is 2.49. The minimum atomic E-state index is -1.87. The molecule has 11 heavy (non-hydrogen) atoms. The smallest absolute Gasteiger partial charge is 0.416 e. The zero-order valence-electron chi connectivity index (χ0n) is 5.79. The first-order valence-electron chi connectivity index (χ1n) is 3.34. The predicted octanol–water partition coefficient (Wildman–Crippen LogP) is 1.61. The van der Waals surface area contributed by atoms with Crippen LogP contribution in [0, 0.1) is 0 Å². The molecule has 1 rings (SSSR count). The summed E-state index contributed by atoms with van der Waals surface area (Å²) in [4.78, 5) is 20.6. The SMILES string of the molecule is O=C(O)N(C(=O)F)C1CCC1. The number of amides is 2. The molecule has 5 heteroatoms. The summed E-state index contributed by atoms with van der Waals surface area (Å²) in [5.41, 5.74) is 0. The van der Waals surface area contributed by atoms with Gasteiger partial charge in [-0.25, -0.2) is 14.5 Å². The first kappa shape index (κ1) is 7.97. The molecule has 0 atom stereocenters. The molecule has 0 bridgehead atoms. The Hall–Kier alpha value is -1.13. The van der Waals surface area contributed by atoms with Crippen LogP contribution in [-0.4, -0.2) is 28.3 Å². The van der Waals surface area contributed by atoms with Crippen LogP contribution in [0.15, 0.2) is 0 Å². The molecule has 1 aliphatic rings. The van der Waals surface area contributed by atoms with Gasteiger partial charge >= 0.3 is 12.3 Å². The molecular weight excluding hydrogens is 153 g/mol. The number of hydrogen-bond donors (Lipinski definition) is 1. The molecule has 4 nitrogen and oxygen atoms in total. The molecule has 1 saturated carbocycles. The van der Waals surface area contributed by atoms with E-state index in [4.69, 9.17) is 5.11 Å². The lowest BCUT2D eigenvalue weighted by molar-refractivity contribution is 0.100. The van der Waals surface area contributed by atoms with Crippen molar-refractivity contribution in [3.63, 3.8) is 0 Å². The summed E-state index contributed by atoms with van der Waals surface area (Å²) in [6, 6.07) is -0.426. The molecule has 0 aliphatic heterocycles. The van der Waals surface area contributed by atoms with E-state index in [1.54, 1.807) is 0 Å². The lowest BCUT2D eigenvalue weighted by atomic mass is 9.92. The fourth-order valence-corrected chi connectivity index (χ4v) is 1.02. The van der Waals surface area contributed by atoms with Crippen LogP contribution in [-0.2, 0) is 0 Å². The van der Waals surface area contributed by atoms with Gasteiger partial charge in [0.1, 0.15) is 0 Å². The summed E-state index contributed by atoms with van der Waals surface area (Å²) in [6.45, 7) is 0. The van der Waals surface area contributed by atoms with E-state index in [1.165, 1.54) is 0 Å². The molecule has 0 aromatic heterocycles. The summed E-state index contributed by atoms with van der Waals surface area (Å²) >= 11 is 0. The zero-order valence-corrected chi connectivity index (χ0v) is 5.79. The zero-order chi connectivity index (χ0) is 8.43. The molecule has 0 aromatic rings. The van der Waals surface area contributed by atoms with Gasteiger partial charge < -0.3 is 5.11 Å². The number of rotatable bonds is 1. The fourth-order valence-electron chi connectivity index (χ4n) is 1.02. The van der Waals surface area contributed by atoms with Crippen molar-refractivity contribution in [1.82, 2.24) is 4.90 Å². The average molecular weight is 161 g/mol. The number of hydrogen-bond acceptors (Lipinski definition) is 2. The van der Waals surface area contributed by atoms with E-state index in [2.05, 4.69) is 0 Å². The summed E-state index contributed by atoms with van der Waals surface area (Å²) in [6.07, 6.45) is -1.34. The van der Waals surface area contributed by atoms with E-state index >= 15 is 0 Å². The predicted molar refractivity (Wildman–Crippen MR) is 34.0 cm³/mol. The van der Waals surface area contributed by atoms with Gasteiger partial charge in [0.2, 0.25) is 0 Å². The largest absolute Gasteiger partial charge is 0.465 e. The maximum absolute atomic E-state index is 12.0. The first-order valence-corrected chi connectivity index (χ1v) is 3.34. The highest BCUT2D eigenvalue weighted by molar-refractivity contribution is 5.86. The van der Waals surface area contributed by atoms with Crippen molar-refractivity contribution >= 4 is 12.3 Å². The summed E-state index contributed by atoms with van der Waals surface area (Å²) < 4.78 is 12.0. The van der Waals surface area contributed by atoms with Crippen molar-refractivity contribution in [2.75, 3.05) is 0 Å². The van der Waals surface area contributed by atoms with Crippen molar-refractivity contribution in [2.45, 2.75) is 25.3 Å². The molecule has 0 unspecified atom stereocenters. The number of imide groups is 1. The molecule has 0 saturated heterocycles. The third kappa shape index (κ3) is 1.47. The van der Waals surface area contributed by atoms with Crippen LogP contribution in [0.2, 0.25) is 0 Å². The van der Waals surface area contributed by atoms with Crippen molar-refractivity contribution in [3.8, 4) is 0 Å². The van der Waals surface area contributed by atoms with Crippen molar-refractivity contribution in [2.24, 2.45) is 0 Å². The van der Waals surface area contributed by atoms with E-state index in [0.717, 1.165) is 6.42 Å². The van der Waals surface area contributed by atoms with Crippen LogP contribution in [0.5, 0.6) is 0 Å². The monoisotopic (exact) mass is 161 g/mol. The Kier molecular flexibility index (Phi) is 2.07. The summed E-state index contributed by atoms with van der Waals surface area (Å²) in [5, 5.41) is 8.34. The van der Waals surface area contributed by atoms with Crippen LogP contribution >= 0.6 is 0 Å². The average Bonchev–Trinajstić information content (AvgIpc) is 1.75. The standard InChI is InChI=1S/C6H8FNO3/c7-5(9)8(6(10)11)4-2-1-3-4/h4H,1-3H2,(H,10,11). The first-order chi connectivity index (χ1) is 5.13. The van der Waals surface area contributed by atoms with Crippen molar-refractivity contribution in [1.29, 1.82) is 0 Å². The van der Waals surface area contributed by atoms with Crippen LogP contribution < -0.4 is 0 Å². The van der Waals surface area contributed by atoms with Gasteiger partial charge in [0, 0.05) is 6.04 Å². The summed E-state index contributed by atoms with van der Waals surface area (Å²) in [7, 11) is 0. The minimum absolute atomic E-state index is 0.253. The van der Waals surface area contributed by atoms with Gasteiger partial charge in [-0.2, -0.15) is 0 Å². The quantitative estimate of drug-likeness (QED) is 0.469. The number of carbonyl (C=O) groups is 2. The molecule has 62 valence electrons. The number of halogens is 1. The second kappa shape index (κ2) is 2.86. The van der Waals surface area contributed by atoms with Crippen LogP contribution in [0.1, 0.15) is 19.3 Å². The molecule has 0 spiro atoms. The van der Waals surface area contributed by atoms with Crippen LogP contribution in [0.4, 0.5) is 14.0 Å². The van der Waals surface area contributed by atoms with Crippen LogP contribution in [0.3, 0.4) is 0 Å². The molecule has 1 fully saturated rings. The Bertz CT molecular complexity index is 176. The Labute approximate surface area is 62.6 Å². The fraction of sp³-hybridized carbons (Fsp3) is 0.667. The topological polar surface area (TPSA) is 57.6 Å². The molecule has 0 heterocycles. The Balaban J connectivity index is 2.58. The van der Waals surface area contributed by atoms with Gasteiger partial charge in [-0.3, -0.25) is 0 Å². The van der Waals surface area contributed by atoms with E-state index < -0.39 is 18.3 Å². The maximum Gasteiger partial charge on any atom is 0.416 e. The third-order valence-electron chi connectivity index (χ3n) is 1.84. The normalized spacial score (nSPS) is 17.2. The number of carboxylic acid groups (broad SMARTS) is 1. The van der Waals surface area contributed by atoms with Gasteiger partial charge in [0.25, 0.3) is 0 Å². The molecule has 1 N–H and O–H groups in total. The molecule has 0 aromatic carbocycles. The van der Waals surface area contributed by atoms with Crippen molar-refractivity contribution in [3.05, 3.63) is 0 Å². The number of nitrogens with zero attached hydrogens (tertiary/aromatic N) is 1. The Morgan fingerprint density at radius 3 is 2.09 bits per heavy atom. The maximum atomic E-state index is 12.0. The van der Waals surface area contributed by atoms with Gasteiger partial charge in [-0.1, -0.05) is 0 Å².